The number of rotatable bonds is 4. The van der Waals surface area contributed by atoms with Gasteiger partial charge in [-0.3, -0.25) is 4.79 Å². The molecule has 0 bridgehead atoms. The van der Waals surface area contributed by atoms with E-state index < -0.39 is 18.5 Å². The molecule has 0 saturated carbocycles. The number of hydrogen-bond donors (Lipinski definition) is 1. The third kappa shape index (κ3) is 4.47. The highest BCUT2D eigenvalue weighted by Gasteiger charge is 2.20. The SMILES string of the molecule is Cc1nc(NC(=O)COC(=O)c2sc3cc(Cl)ccc3c2Cl)c(Cl)cc1Cl. The summed E-state index contributed by atoms with van der Waals surface area (Å²) in [6.07, 6.45) is 0. The maximum Gasteiger partial charge on any atom is 0.350 e. The van der Waals surface area contributed by atoms with Crippen molar-refractivity contribution in [2.45, 2.75) is 6.92 Å². The fourth-order valence-electron chi connectivity index (χ4n) is 2.18. The highest BCUT2D eigenvalue weighted by molar-refractivity contribution is 7.21. The van der Waals surface area contributed by atoms with E-state index >= 15 is 0 Å². The summed E-state index contributed by atoms with van der Waals surface area (Å²) in [5.74, 6) is -1.17. The first-order chi connectivity index (χ1) is 12.8. The normalized spacial score (nSPS) is 10.9. The molecule has 27 heavy (non-hydrogen) atoms. The fraction of sp³-hybridized carbons (Fsp3) is 0.118. The minimum Gasteiger partial charge on any atom is -0.451 e. The zero-order valence-corrected chi connectivity index (χ0v) is 17.4. The summed E-state index contributed by atoms with van der Waals surface area (Å²) >= 11 is 25.2. The molecule has 2 aromatic heterocycles. The van der Waals surface area contributed by atoms with Gasteiger partial charge in [0.2, 0.25) is 0 Å². The molecule has 0 aliphatic carbocycles. The molecule has 0 aliphatic rings. The van der Waals surface area contributed by atoms with Gasteiger partial charge in [-0.1, -0.05) is 52.5 Å². The molecule has 0 unspecified atom stereocenters. The third-order valence-electron chi connectivity index (χ3n) is 3.47. The molecule has 2 heterocycles. The second kappa shape index (κ2) is 8.20. The molecule has 0 spiro atoms. The van der Waals surface area contributed by atoms with Gasteiger partial charge in [-0.15, -0.1) is 11.3 Å². The van der Waals surface area contributed by atoms with Gasteiger partial charge in [0.05, 0.1) is 20.8 Å². The summed E-state index contributed by atoms with van der Waals surface area (Å²) in [6.45, 7) is 1.15. The minimum atomic E-state index is -0.709. The number of esters is 1. The molecule has 140 valence electrons. The van der Waals surface area contributed by atoms with Crippen LogP contribution in [0.15, 0.2) is 24.3 Å². The average molecular weight is 464 g/mol. The Balaban J connectivity index is 1.68. The second-order valence-electron chi connectivity index (χ2n) is 5.40. The number of pyridine rings is 1. The van der Waals surface area contributed by atoms with Crippen LogP contribution in [0.4, 0.5) is 5.82 Å². The summed E-state index contributed by atoms with van der Waals surface area (Å²) < 4.78 is 5.79. The highest BCUT2D eigenvalue weighted by atomic mass is 35.5. The van der Waals surface area contributed by atoms with Gasteiger partial charge in [-0.2, -0.15) is 0 Å². The molecule has 0 fully saturated rings. The summed E-state index contributed by atoms with van der Waals surface area (Å²) in [7, 11) is 0. The summed E-state index contributed by atoms with van der Waals surface area (Å²) in [5, 5.41) is 4.50. The molecule has 3 rings (SSSR count). The van der Waals surface area contributed by atoms with Crippen LogP contribution in [0.1, 0.15) is 15.4 Å². The second-order valence-corrected chi connectivity index (χ2v) is 8.08. The molecule has 5 nitrogen and oxygen atoms in total. The lowest BCUT2D eigenvalue weighted by molar-refractivity contribution is -0.119. The number of aromatic nitrogens is 1. The van der Waals surface area contributed by atoms with Crippen molar-refractivity contribution < 1.29 is 14.3 Å². The van der Waals surface area contributed by atoms with Gasteiger partial charge in [0, 0.05) is 15.1 Å². The smallest absolute Gasteiger partial charge is 0.350 e. The maximum absolute atomic E-state index is 12.3. The van der Waals surface area contributed by atoms with Crippen LogP contribution in [0.3, 0.4) is 0 Å². The van der Waals surface area contributed by atoms with Crippen LogP contribution < -0.4 is 5.32 Å². The number of halogens is 4. The van der Waals surface area contributed by atoms with E-state index in [0.717, 1.165) is 16.0 Å². The number of anilines is 1. The quantitative estimate of drug-likeness (QED) is 0.480. The van der Waals surface area contributed by atoms with E-state index in [2.05, 4.69) is 10.3 Å². The molecule has 1 aromatic carbocycles. The lowest BCUT2D eigenvalue weighted by Gasteiger charge is -2.08. The van der Waals surface area contributed by atoms with Crippen molar-refractivity contribution in [3.05, 3.63) is 54.9 Å². The first kappa shape index (κ1) is 20.2. The number of aryl methyl sites for hydroxylation is 1. The standard InChI is InChI=1S/C17H10Cl4N2O3S/c1-7-10(19)5-11(20)16(22-7)23-13(24)6-26-17(25)15-14(21)9-3-2-8(18)4-12(9)27-15/h2-5H,6H2,1H3,(H,22,23,24). The first-order valence-electron chi connectivity index (χ1n) is 7.43. The lowest BCUT2D eigenvalue weighted by atomic mass is 10.2. The van der Waals surface area contributed by atoms with Gasteiger partial charge in [-0.25, -0.2) is 9.78 Å². The van der Waals surface area contributed by atoms with Crippen molar-refractivity contribution in [2.75, 3.05) is 11.9 Å². The van der Waals surface area contributed by atoms with Gasteiger partial charge in [-0.05, 0) is 25.1 Å². The van der Waals surface area contributed by atoms with E-state index in [4.69, 9.17) is 51.1 Å². The topological polar surface area (TPSA) is 68.3 Å². The first-order valence-corrected chi connectivity index (χ1v) is 9.76. The van der Waals surface area contributed by atoms with Crippen LogP contribution in [0, 0.1) is 6.92 Å². The van der Waals surface area contributed by atoms with Crippen molar-refractivity contribution in [1.82, 2.24) is 4.98 Å². The molecular formula is C17H10Cl4N2O3S. The molecule has 0 saturated heterocycles. The Hall–Kier alpha value is -1.57. The third-order valence-corrected chi connectivity index (χ3v) is 6.02. The summed E-state index contributed by atoms with van der Waals surface area (Å²) in [6, 6.07) is 6.56. The van der Waals surface area contributed by atoms with E-state index in [1.807, 2.05) is 0 Å². The molecule has 10 heteroatoms. The number of fused-ring (bicyclic) bond motifs is 1. The van der Waals surface area contributed by atoms with E-state index in [1.165, 1.54) is 6.07 Å². The Morgan fingerprint density at radius 1 is 1.15 bits per heavy atom. The Labute approximate surface area is 178 Å². The molecule has 1 N–H and O–H groups in total. The molecule has 0 atom stereocenters. The van der Waals surface area contributed by atoms with Gasteiger partial charge >= 0.3 is 5.97 Å². The Morgan fingerprint density at radius 3 is 2.63 bits per heavy atom. The Kier molecular flexibility index (Phi) is 6.13. The number of carbonyl (C=O) groups is 2. The number of thiophene rings is 1. The largest absolute Gasteiger partial charge is 0.451 e. The van der Waals surface area contributed by atoms with Crippen LogP contribution in [0.25, 0.3) is 10.1 Å². The summed E-state index contributed by atoms with van der Waals surface area (Å²) in [5.41, 5.74) is 0.504. The van der Waals surface area contributed by atoms with Crippen LogP contribution in [-0.4, -0.2) is 23.5 Å². The van der Waals surface area contributed by atoms with Crippen LogP contribution in [0.2, 0.25) is 20.1 Å². The molecular weight excluding hydrogens is 454 g/mol. The number of hydrogen-bond acceptors (Lipinski definition) is 5. The average Bonchev–Trinajstić information content (AvgIpc) is 2.93. The van der Waals surface area contributed by atoms with E-state index in [-0.39, 0.29) is 20.7 Å². The number of carbonyl (C=O) groups excluding carboxylic acids is 2. The van der Waals surface area contributed by atoms with Crippen molar-refractivity contribution in [1.29, 1.82) is 0 Å². The van der Waals surface area contributed by atoms with E-state index in [9.17, 15) is 9.59 Å². The Bertz CT molecular complexity index is 1070. The van der Waals surface area contributed by atoms with Crippen LogP contribution in [-0.2, 0) is 9.53 Å². The van der Waals surface area contributed by atoms with Crippen molar-refractivity contribution in [2.24, 2.45) is 0 Å². The lowest BCUT2D eigenvalue weighted by Crippen LogP contribution is -2.21. The molecule has 0 radical (unpaired) electrons. The van der Waals surface area contributed by atoms with Crippen molar-refractivity contribution in [3.8, 4) is 0 Å². The monoisotopic (exact) mass is 462 g/mol. The van der Waals surface area contributed by atoms with Crippen molar-refractivity contribution in [3.63, 3.8) is 0 Å². The van der Waals surface area contributed by atoms with E-state index in [0.29, 0.717) is 21.1 Å². The van der Waals surface area contributed by atoms with Crippen LogP contribution in [0.5, 0.6) is 0 Å². The van der Waals surface area contributed by atoms with Gasteiger partial charge in [0.15, 0.2) is 12.4 Å². The number of nitrogens with zero attached hydrogens (tertiary/aromatic N) is 1. The number of ether oxygens (including phenoxy) is 1. The predicted octanol–water partition coefficient (Wildman–Crippen LogP) is 6.01. The number of amides is 1. The number of nitrogens with one attached hydrogen (secondary N) is 1. The van der Waals surface area contributed by atoms with Gasteiger partial charge < -0.3 is 10.1 Å². The fourth-order valence-corrected chi connectivity index (χ4v) is 4.27. The zero-order valence-electron chi connectivity index (χ0n) is 13.6. The maximum atomic E-state index is 12.3. The number of benzene rings is 1. The molecule has 0 aliphatic heterocycles. The summed E-state index contributed by atoms with van der Waals surface area (Å²) in [4.78, 5) is 28.6. The zero-order chi connectivity index (χ0) is 19.7. The molecule has 1 amide bonds. The Morgan fingerprint density at radius 2 is 1.89 bits per heavy atom. The predicted molar refractivity (Wildman–Crippen MR) is 110 cm³/mol. The van der Waals surface area contributed by atoms with Crippen molar-refractivity contribution >= 4 is 85.5 Å². The molecule has 3 aromatic rings. The van der Waals surface area contributed by atoms with Gasteiger partial charge in [0.1, 0.15) is 4.88 Å². The van der Waals surface area contributed by atoms with Crippen LogP contribution >= 0.6 is 57.7 Å². The van der Waals surface area contributed by atoms with Gasteiger partial charge in [0.25, 0.3) is 5.91 Å². The minimum absolute atomic E-state index is 0.133. The van der Waals surface area contributed by atoms with E-state index in [1.54, 1.807) is 25.1 Å². The highest BCUT2D eigenvalue weighted by Crippen LogP contribution is 2.37.